The molecule has 0 fully saturated rings. The van der Waals surface area contributed by atoms with Crippen LogP contribution in [0.25, 0.3) is 0 Å². The van der Waals surface area contributed by atoms with Crippen LogP contribution in [0.5, 0.6) is 5.75 Å². The van der Waals surface area contributed by atoms with Crippen molar-refractivity contribution in [2.45, 2.75) is 39.3 Å². The number of phenols is 1. The summed E-state index contributed by atoms with van der Waals surface area (Å²) in [6.45, 7) is 6.73. The molecule has 0 saturated carbocycles. The maximum Gasteiger partial charge on any atom is 0.408 e. The standard InChI is InChI=1S/C14H20N2O4/c1-9(15-13(19)20-14(2,3)4)12(18)16-10-7-5-6-8-11(10)17/h5-9,17H,1-4H3,(H,15,19)(H,16,18)/t9-/m1/s1. The van der Waals surface area contributed by atoms with Gasteiger partial charge in [-0.1, -0.05) is 12.1 Å². The number of ether oxygens (including phenoxy) is 1. The lowest BCUT2D eigenvalue weighted by Crippen LogP contribution is -2.43. The molecule has 0 spiro atoms. The Balaban J connectivity index is 2.56. The van der Waals surface area contributed by atoms with E-state index in [1.165, 1.54) is 13.0 Å². The van der Waals surface area contributed by atoms with Gasteiger partial charge in [-0.05, 0) is 39.8 Å². The molecule has 110 valence electrons. The van der Waals surface area contributed by atoms with Crippen molar-refractivity contribution in [3.05, 3.63) is 24.3 Å². The van der Waals surface area contributed by atoms with E-state index < -0.39 is 23.6 Å². The number of rotatable bonds is 3. The number of hydrogen-bond acceptors (Lipinski definition) is 4. The first kappa shape index (κ1) is 15.8. The van der Waals surface area contributed by atoms with Gasteiger partial charge in [0.2, 0.25) is 5.91 Å². The van der Waals surface area contributed by atoms with Gasteiger partial charge in [0.05, 0.1) is 5.69 Å². The summed E-state index contributed by atoms with van der Waals surface area (Å²) in [5.74, 6) is -0.484. The fourth-order valence-corrected chi connectivity index (χ4v) is 1.37. The summed E-state index contributed by atoms with van der Waals surface area (Å²) in [5, 5.41) is 14.5. The molecule has 1 rings (SSSR count). The maximum absolute atomic E-state index is 11.9. The number of para-hydroxylation sites is 2. The minimum Gasteiger partial charge on any atom is -0.506 e. The lowest BCUT2D eigenvalue weighted by atomic mass is 10.2. The van der Waals surface area contributed by atoms with Gasteiger partial charge in [0.1, 0.15) is 17.4 Å². The average Bonchev–Trinajstić information content (AvgIpc) is 2.29. The Bertz CT molecular complexity index is 494. The second kappa shape index (κ2) is 6.27. The largest absolute Gasteiger partial charge is 0.506 e. The Labute approximate surface area is 118 Å². The van der Waals surface area contributed by atoms with Crippen LogP contribution in [0, 0.1) is 0 Å². The molecule has 1 atom stereocenters. The summed E-state index contributed by atoms with van der Waals surface area (Å²) in [6.07, 6.45) is -0.669. The number of anilines is 1. The highest BCUT2D eigenvalue weighted by Crippen LogP contribution is 2.21. The highest BCUT2D eigenvalue weighted by Gasteiger charge is 2.21. The van der Waals surface area contributed by atoms with Gasteiger partial charge in [-0.3, -0.25) is 4.79 Å². The van der Waals surface area contributed by atoms with Crippen molar-refractivity contribution in [2.24, 2.45) is 0 Å². The van der Waals surface area contributed by atoms with Crippen molar-refractivity contribution in [3.8, 4) is 5.75 Å². The number of benzene rings is 1. The molecule has 3 N–H and O–H groups in total. The molecule has 0 aliphatic carbocycles. The number of nitrogens with one attached hydrogen (secondary N) is 2. The zero-order valence-corrected chi connectivity index (χ0v) is 12.1. The Morgan fingerprint density at radius 2 is 1.85 bits per heavy atom. The lowest BCUT2D eigenvalue weighted by molar-refractivity contribution is -0.117. The summed E-state index contributed by atoms with van der Waals surface area (Å²) < 4.78 is 5.05. The molecule has 0 saturated heterocycles. The van der Waals surface area contributed by atoms with Crippen molar-refractivity contribution in [1.82, 2.24) is 5.32 Å². The van der Waals surface area contributed by atoms with E-state index in [1.807, 2.05) is 0 Å². The lowest BCUT2D eigenvalue weighted by Gasteiger charge is -2.21. The molecular formula is C14H20N2O4. The third-order valence-electron chi connectivity index (χ3n) is 2.29. The van der Waals surface area contributed by atoms with Gasteiger partial charge >= 0.3 is 6.09 Å². The predicted molar refractivity (Wildman–Crippen MR) is 75.6 cm³/mol. The van der Waals surface area contributed by atoms with Crippen LogP contribution >= 0.6 is 0 Å². The molecule has 0 aliphatic rings. The van der Waals surface area contributed by atoms with E-state index in [4.69, 9.17) is 4.74 Å². The predicted octanol–water partition coefficient (Wildman–Crippen LogP) is 2.24. The van der Waals surface area contributed by atoms with Crippen LogP contribution in [0.3, 0.4) is 0 Å². The number of phenolic OH excluding ortho intramolecular Hbond substituents is 1. The number of alkyl carbamates (subject to hydrolysis) is 1. The first-order valence-electron chi connectivity index (χ1n) is 6.27. The molecule has 20 heavy (non-hydrogen) atoms. The van der Waals surface area contributed by atoms with Crippen LogP contribution < -0.4 is 10.6 Å². The topological polar surface area (TPSA) is 87.7 Å². The van der Waals surface area contributed by atoms with E-state index in [1.54, 1.807) is 39.0 Å². The third-order valence-corrected chi connectivity index (χ3v) is 2.29. The van der Waals surface area contributed by atoms with Gasteiger partial charge in [0, 0.05) is 0 Å². The van der Waals surface area contributed by atoms with Crippen molar-refractivity contribution >= 4 is 17.7 Å². The van der Waals surface area contributed by atoms with Gasteiger partial charge in [-0.25, -0.2) is 4.79 Å². The summed E-state index contributed by atoms with van der Waals surface area (Å²) in [4.78, 5) is 23.4. The zero-order chi connectivity index (χ0) is 15.3. The molecular weight excluding hydrogens is 260 g/mol. The minimum atomic E-state index is -0.788. The Kier molecular flexibility index (Phi) is 4.96. The van der Waals surface area contributed by atoms with Gasteiger partial charge < -0.3 is 20.5 Å². The van der Waals surface area contributed by atoms with Crippen molar-refractivity contribution in [1.29, 1.82) is 0 Å². The number of carbonyl (C=O) groups is 2. The number of amides is 2. The molecule has 0 aliphatic heterocycles. The first-order valence-corrected chi connectivity index (χ1v) is 6.27. The van der Waals surface area contributed by atoms with Crippen LogP contribution in [-0.4, -0.2) is 28.7 Å². The fourth-order valence-electron chi connectivity index (χ4n) is 1.37. The number of hydrogen-bond donors (Lipinski definition) is 3. The smallest absolute Gasteiger partial charge is 0.408 e. The molecule has 0 heterocycles. The van der Waals surface area contributed by atoms with Gasteiger partial charge in [0.15, 0.2) is 0 Å². The quantitative estimate of drug-likeness (QED) is 0.741. The second-order valence-electron chi connectivity index (χ2n) is 5.37. The monoisotopic (exact) mass is 280 g/mol. The van der Waals surface area contributed by atoms with E-state index in [0.29, 0.717) is 0 Å². The highest BCUT2D eigenvalue weighted by atomic mass is 16.6. The van der Waals surface area contributed by atoms with E-state index in [9.17, 15) is 14.7 Å². The minimum absolute atomic E-state index is 0.0367. The molecule has 6 heteroatoms. The normalized spacial score (nSPS) is 12.4. The average molecular weight is 280 g/mol. The van der Waals surface area contributed by atoms with Crippen molar-refractivity contribution in [3.63, 3.8) is 0 Å². The van der Waals surface area contributed by atoms with Gasteiger partial charge in [-0.15, -0.1) is 0 Å². The number of carbonyl (C=O) groups excluding carboxylic acids is 2. The van der Waals surface area contributed by atoms with Gasteiger partial charge in [-0.2, -0.15) is 0 Å². The molecule has 1 aromatic carbocycles. The number of aromatic hydroxyl groups is 1. The maximum atomic E-state index is 11.9. The van der Waals surface area contributed by atoms with Crippen LogP contribution in [0.1, 0.15) is 27.7 Å². The van der Waals surface area contributed by atoms with Crippen LogP contribution in [0.2, 0.25) is 0 Å². The molecule has 0 bridgehead atoms. The molecule has 0 aromatic heterocycles. The van der Waals surface area contributed by atoms with E-state index >= 15 is 0 Å². The Morgan fingerprint density at radius 3 is 2.40 bits per heavy atom. The molecule has 1 aromatic rings. The summed E-state index contributed by atoms with van der Waals surface area (Å²) in [6, 6.07) is 5.56. The second-order valence-corrected chi connectivity index (χ2v) is 5.37. The van der Waals surface area contributed by atoms with E-state index in [-0.39, 0.29) is 11.4 Å². The summed E-state index contributed by atoms with van der Waals surface area (Å²) in [5.41, 5.74) is -0.340. The Morgan fingerprint density at radius 1 is 1.25 bits per heavy atom. The van der Waals surface area contributed by atoms with Crippen LogP contribution in [0.4, 0.5) is 10.5 Å². The molecule has 0 unspecified atom stereocenters. The van der Waals surface area contributed by atoms with Crippen LogP contribution in [-0.2, 0) is 9.53 Å². The highest BCUT2D eigenvalue weighted by molar-refractivity contribution is 5.97. The fraction of sp³-hybridized carbons (Fsp3) is 0.429. The summed E-state index contributed by atoms with van der Waals surface area (Å²) in [7, 11) is 0. The van der Waals surface area contributed by atoms with Crippen LogP contribution in [0.15, 0.2) is 24.3 Å². The molecule has 6 nitrogen and oxygen atoms in total. The molecule has 2 amide bonds. The van der Waals surface area contributed by atoms with E-state index in [2.05, 4.69) is 10.6 Å². The van der Waals surface area contributed by atoms with E-state index in [0.717, 1.165) is 0 Å². The Hall–Kier alpha value is -2.24. The van der Waals surface area contributed by atoms with Gasteiger partial charge in [0.25, 0.3) is 0 Å². The molecule has 0 radical (unpaired) electrons. The zero-order valence-electron chi connectivity index (χ0n) is 12.1. The summed E-state index contributed by atoms with van der Waals surface area (Å²) >= 11 is 0. The SMILES string of the molecule is C[C@@H](NC(=O)OC(C)(C)C)C(=O)Nc1ccccc1O. The first-order chi connectivity index (χ1) is 9.19. The third kappa shape index (κ3) is 5.17. The van der Waals surface area contributed by atoms with Crippen molar-refractivity contribution in [2.75, 3.05) is 5.32 Å². The van der Waals surface area contributed by atoms with Crippen molar-refractivity contribution < 1.29 is 19.4 Å².